The molecule has 0 bridgehead atoms. The average molecular weight is 431 g/mol. The third-order valence-corrected chi connectivity index (χ3v) is 3.76. The van der Waals surface area contributed by atoms with Crippen molar-refractivity contribution in [3.05, 3.63) is 0 Å². The summed E-state index contributed by atoms with van der Waals surface area (Å²) < 4.78 is 0. The first-order chi connectivity index (χ1) is 13.9. The molecular formula is C16H29N7O7. The van der Waals surface area contributed by atoms with Crippen molar-refractivity contribution in [1.82, 2.24) is 16.0 Å². The minimum atomic E-state index is -1.26. The summed E-state index contributed by atoms with van der Waals surface area (Å²) in [6.07, 6.45) is -0.0110. The van der Waals surface area contributed by atoms with Crippen molar-refractivity contribution in [3.8, 4) is 0 Å². The van der Waals surface area contributed by atoms with E-state index in [1.54, 1.807) is 0 Å². The molecule has 0 heterocycles. The highest BCUT2D eigenvalue weighted by molar-refractivity contribution is 5.92. The molecule has 11 N–H and O–H groups in total. The summed E-state index contributed by atoms with van der Waals surface area (Å²) in [7, 11) is 0. The Morgan fingerprint density at radius 2 is 1.63 bits per heavy atom. The second-order valence-electron chi connectivity index (χ2n) is 6.39. The molecule has 0 aliphatic heterocycles. The number of carbonyl (C=O) groups excluding carboxylic acids is 3. The number of carboxylic acid groups (broad SMARTS) is 2. The third-order valence-electron chi connectivity index (χ3n) is 3.76. The molecule has 0 spiro atoms. The van der Waals surface area contributed by atoms with Gasteiger partial charge in [-0.05, 0) is 26.2 Å². The number of amides is 3. The summed E-state index contributed by atoms with van der Waals surface area (Å²) >= 11 is 0. The molecular weight excluding hydrogens is 402 g/mol. The van der Waals surface area contributed by atoms with Crippen molar-refractivity contribution >= 4 is 35.6 Å². The molecule has 0 saturated heterocycles. The van der Waals surface area contributed by atoms with Crippen LogP contribution in [0.25, 0.3) is 0 Å². The van der Waals surface area contributed by atoms with E-state index in [-0.39, 0.29) is 31.8 Å². The van der Waals surface area contributed by atoms with Crippen LogP contribution in [0.15, 0.2) is 4.99 Å². The number of carboxylic acids is 2. The Bertz CT molecular complexity index is 664. The highest BCUT2D eigenvalue weighted by Gasteiger charge is 2.24. The molecule has 0 aliphatic carbocycles. The van der Waals surface area contributed by atoms with Crippen molar-refractivity contribution in [3.63, 3.8) is 0 Å². The van der Waals surface area contributed by atoms with Crippen LogP contribution >= 0.6 is 0 Å². The lowest BCUT2D eigenvalue weighted by Gasteiger charge is -2.19. The Hall–Kier alpha value is -3.42. The molecule has 14 heteroatoms. The lowest BCUT2D eigenvalue weighted by Crippen LogP contribution is -2.52. The summed E-state index contributed by atoms with van der Waals surface area (Å²) in [5.74, 6) is -4.65. The third kappa shape index (κ3) is 12.1. The molecule has 0 aromatic rings. The number of hydrogen-bond acceptors (Lipinski definition) is 7. The highest BCUT2D eigenvalue weighted by atomic mass is 16.4. The minimum Gasteiger partial charge on any atom is -0.481 e. The van der Waals surface area contributed by atoms with Gasteiger partial charge in [-0.2, -0.15) is 0 Å². The van der Waals surface area contributed by atoms with Crippen LogP contribution in [0, 0.1) is 0 Å². The molecule has 3 unspecified atom stereocenters. The molecule has 0 rings (SSSR count). The molecule has 0 aromatic heterocycles. The minimum absolute atomic E-state index is 0.0722. The van der Waals surface area contributed by atoms with Crippen LogP contribution in [0.2, 0.25) is 0 Å². The number of carbonyl (C=O) groups is 5. The van der Waals surface area contributed by atoms with Crippen LogP contribution in [0.1, 0.15) is 32.6 Å². The van der Waals surface area contributed by atoms with Gasteiger partial charge in [-0.1, -0.05) is 0 Å². The zero-order chi connectivity index (χ0) is 23.3. The van der Waals surface area contributed by atoms with Crippen molar-refractivity contribution in [2.75, 3.05) is 13.1 Å². The predicted molar refractivity (Wildman–Crippen MR) is 105 cm³/mol. The molecule has 0 saturated carbocycles. The van der Waals surface area contributed by atoms with Crippen LogP contribution in [-0.4, -0.2) is 77.0 Å². The van der Waals surface area contributed by atoms with Gasteiger partial charge in [0, 0.05) is 13.0 Å². The van der Waals surface area contributed by atoms with E-state index in [2.05, 4.69) is 20.9 Å². The Balaban J connectivity index is 4.43. The Morgan fingerprint density at radius 3 is 2.17 bits per heavy atom. The Labute approximate surface area is 172 Å². The normalized spacial score (nSPS) is 13.3. The molecule has 3 amide bonds. The molecule has 0 fully saturated rings. The van der Waals surface area contributed by atoms with E-state index in [0.717, 1.165) is 0 Å². The first kappa shape index (κ1) is 26.6. The number of guanidine groups is 1. The topological polar surface area (TPSA) is 252 Å². The molecule has 0 aromatic carbocycles. The maximum absolute atomic E-state index is 12.1. The fourth-order valence-corrected chi connectivity index (χ4v) is 2.12. The van der Waals surface area contributed by atoms with Gasteiger partial charge in [0.05, 0.1) is 12.6 Å². The van der Waals surface area contributed by atoms with Crippen LogP contribution in [0.3, 0.4) is 0 Å². The predicted octanol–water partition coefficient (Wildman–Crippen LogP) is -3.58. The van der Waals surface area contributed by atoms with Crippen LogP contribution in [0.4, 0.5) is 0 Å². The fraction of sp³-hybridized carbons (Fsp3) is 0.625. The van der Waals surface area contributed by atoms with Gasteiger partial charge in [0.25, 0.3) is 0 Å². The zero-order valence-corrected chi connectivity index (χ0v) is 16.6. The molecule has 0 radical (unpaired) electrons. The van der Waals surface area contributed by atoms with Gasteiger partial charge in [0.15, 0.2) is 5.96 Å². The molecule has 30 heavy (non-hydrogen) atoms. The maximum Gasteiger partial charge on any atom is 0.326 e. The van der Waals surface area contributed by atoms with Crippen LogP contribution in [0.5, 0.6) is 0 Å². The molecule has 3 atom stereocenters. The van der Waals surface area contributed by atoms with Crippen molar-refractivity contribution in [2.45, 2.75) is 50.7 Å². The fourth-order valence-electron chi connectivity index (χ4n) is 2.12. The van der Waals surface area contributed by atoms with Gasteiger partial charge in [-0.25, -0.2) is 4.79 Å². The number of aliphatic carboxylic acids is 2. The van der Waals surface area contributed by atoms with E-state index in [4.69, 9.17) is 22.3 Å². The lowest BCUT2D eigenvalue weighted by atomic mass is 10.1. The van der Waals surface area contributed by atoms with Gasteiger partial charge in [-0.3, -0.25) is 24.2 Å². The Morgan fingerprint density at radius 1 is 1.00 bits per heavy atom. The first-order valence-electron chi connectivity index (χ1n) is 9.07. The van der Waals surface area contributed by atoms with Crippen molar-refractivity contribution in [2.24, 2.45) is 22.2 Å². The van der Waals surface area contributed by atoms with Crippen LogP contribution < -0.4 is 33.2 Å². The monoisotopic (exact) mass is 431 g/mol. The number of rotatable bonds is 14. The zero-order valence-electron chi connectivity index (χ0n) is 16.6. The largest absolute Gasteiger partial charge is 0.481 e. The lowest BCUT2D eigenvalue weighted by molar-refractivity contribution is -0.142. The van der Waals surface area contributed by atoms with Crippen LogP contribution in [-0.2, 0) is 24.0 Å². The maximum atomic E-state index is 12.1. The van der Waals surface area contributed by atoms with E-state index in [9.17, 15) is 29.1 Å². The molecule has 170 valence electrons. The number of nitrogens with one attached hydrogen (secondary N) is 3. The van der Waals surface area contributed by atoms with E-state index in [1.807, 2.05) is 0 Å². The van der Waals surface area contributed by atoms with Gasteiger partial charge < -0.3 is 43.4 Å². The molecule has 14 nitrogen and oxygen atoms in total. The smallest absolute Gasteiger partial charge is 0.326 e. The van der Waals surface area contributed by atoms with Gasteiger partial charge in [0.2, 0.25) is 17.7 Å². The number of aliphatic imine (C=N–C) groups is 1. The average Bonchev–Trinajstić information content (AvgIpc) is 2.65. The second kappa shape index (κ2) is 13.7. The number of nitrogens with two attached hydrogens (primary N) is 3. The Kier molecular flexibility index (Phi) is 12.1. The summed E-state index contributed by atoms with van der Waals surface area (Å²) in [6.45, 7) is 1.05. The first-order valence-corrected chi connectivity index (χ1v) is 9.07. The number of hydrogen-bond donors (Lipinski definition) is 8. The SMILES string of the molecule is CC(NC(=O)CNC(=O)C(N)CCC(=O)O)C(=O)NC(CCCN=C(N)N)C(=O)O. The van der Waals surface area contributed by atoms with Gasteiger partial charge in [-0.15, -0.1) is 0 Å². The van der Waals surface area contributed by atoms with Crippen molar-refractivity contribution in [1.29, 1.82) is 0 Å². The summed E-state index contributed by atoms with van der Waals surface area (Å²) in [4.78, 5) is 61.1. The van der Waals surface area contributed by atoms with Gasteiger partial charge in [0.1, 0.15) is 12.1 Å². The quantitative estimate of drug-likeness (QED) is 0.0762. The summed E-state index contributed by atoms with van der Waals surface area (Å²) in [6, 6.07) is -3.36. The van der Waals surface area contributed by atoms with E-state index in [1.165, 1.54) is 6.92 Å². The van der Waals surface area contributed by atoms with Crippen molar-refractivity contribution < 1.29 is 34.2 Å². The highest BCUT2D eigenvalue weighted by Crippen LogP contribution is 2.00. The second-order valence-corrected chi connectivity index (χ2v) is 6.39. The van der Waals surface area contributed by atoms with E-state index < -0.39 is 54.3 Å². The summed E-state index contributed by atoms with van der Waals surface area (Å²) in [5, 5.41) is 24.6. The summed E-state index contributed by atoms with van der Waals surface area (Å²) in [5.41, 5.74) is 15.8. The van der Waals surface area contributed by atoms with E-state index >= 15 is 0 Å². The standard InChI is InChI=1S/C16H29N7O7/c1-8(13(27)23-10(15(29)30)3-2-6-20-16(18)19)22-11(24)7-21-14(28)9(17)4-5-12(25)26/h8-10H,2-7,17H2,1H3,(H,21,28)(H,22,24)(H,23,27)(H,25,26)(H,29,30)(H4,18,19,20). The number of nitrogens with zero attached hydrogens (tertiary/aromatic N) is 1. The van der Waals surface area contributed by atoms with E-state index in [0.29, 0.717) is 6.42 Å². The molecule has 0 aliphatic rings. The van der Waals surface area contributed by atoms with Gasteiger partial charge >= 0.3 is 11.9 Å².